The number of aliphatic hydroxyl groups is 1. The van der Waals surface area contributed by atoms with Crippen LogP contribution in [0.15, 0.2) is 53.3 Å². The number of carbonyl (C=O) groups excluding carboxylic acids is 1. The number of para-hydroxylation sites is 1. The Morgan fingerprint density at radius 2 is 1.76 bits per heavy atom. The van der Waals surface area contributed by atoms with Gasteiger partial charge in [-0.25, -0.2) is 4.68 Å². The van der Waals surface area contributed by atoms with Crippen molar-refractivity contribution in [3.63, 3.8) is 0 Å². The van der Waals surface area contributed by atoms with Gasteiger partial charge in [0, 0.05) is 5.39 Å². The fourth-order valence-electron chi connectivity index (χ4n) is 3.19. The lowest BCUT2D eigenvalue weighted by Gasteiger charge is -2.23. The number of carbonyl (C=O) groups is 1. The van der Waals surface area contributed by atoms with Crippen molar-refractivity contribution in [1.82, 2.24) is 9.78 Å². The number of rotatable bonds is 6. The highest BCUT2D eigenvalue weighted by molar-refractivity contribution is 6.03. The molecule has 1 heterocycles. The first-order chi connectivity index (χ1) is 13.7. The van der Waals surface area contributed by atoms with Crippen LogP contribution in [-0.2, 0) is 12.0 Å². The average molecular weight is 395 g/mol. The van der Waals surface area contributed by atoms with Gasteiger partial charge in [-0.15, -0.1) is 0 Å². The molecule has 0 aliphatic carbocycles. The summed E-state index contributed by atoms with van der Waals surface area (Å²) in [5.74, 6) is -0.0597. The first-order valence-electron chi connectivity index (χ1n) is 9.38. The Labute approximate surface area is 168 Å². The lowest BCUT2D eigenvalue weighted by molar-refractivity contribution is 0.0862. The summed E-state index contributed by atoms with van der Waals surface area (Å²) in [7, 11) is 0. The second-order valence-corrected chi connectivity index (χ2v) is 7.96. The quantitative estimate of drug-likeness (QED) is 0.665. The summed E-state index contributed by atoms with van der Waals surface area (Å²) < 4.78 is 6.88. The first kappa shape index (κ1) is 20.5. The summed E-state index contributed by atoms with van der Waals surface area (Å²) in [6, 6.07) is 14.3. The summed E-state index contributed by atoms with van der Waals surface area (Å²) in [6.45, 7) is 6.09. The fourth-order valence-corrected chi connectivity index (χ4v) is 3.19. The Balaban J connectivity index is 1.83. The van der Waals surface area contributed by atoms with Gasteiger partial charge in [0.25, 0.3) is 11.5 Å². The van der Waals surface area contributed by atoms with Gasteiger partial charge in [0.2, 0.25) is 0 Å². The summed E-state index contributed by atoms with van der Waals surface area (Å²) in [5, 5.41) is 15.2. The molecule has 3 rings (SSSR count). The molecule has 0 unspecified atom stereocenters. The molecule has 0 aliphatic rings. The van der Waals surface area contributed by atoms with E-state index in [4.69, 9.17) is 10.5 Å². The second kappa shape index (κ2) is 8.05. The van der Waals surface area contributed by atoms with Crippen LogP contribution < -0.4 is 16.0 Å². The molecule has 2 aromatic carbocycles. The number of amides is 1. The number of aromatic nitrogens is 2. The Bertz CT molecular complexity index is 1100. The SMILES string of the molecule is CC(C)(C)c1ccccc1OC[C@@H](O)Cn1nc(C(N)=O)c2ccccc2c1=O. The zero-order valence-electron chi connectivity index (χ0n) is 16.8. The monoisotopic (exact) mass is 395 g/mol. The van der Waals surface area contributed by atoms with Gasteiger partial charge in [0.15, 0.2) is 5.69 Å². The number of primary amides is 1. The summed E-state index contributed by atoms with van der Waals surface area (Å²) in [6.07, 6.45) is -1.00. The molecule has 1 aromatic heterocycles. The zero-order chi connectivity index (χ0) is 21.2. The van der Waals surface area contributed by atoms with E-state index >= 15 is 0 Å². The van der Waals surface area contributed by atoms with Crippen LogP contribution in [0.5, 0.6) is 5.75 Å². The van der Waals surface area contributed by atoms with Gasteiger partial charge in [-0.1, -0.05) is 57.2 Å². The molecule has 1 atom stereocenters. The van der Waals surface area contributed by atoms with E-state index in [-0.39, 0.29) is 24.3 Å². The highest BCUT2D eigenvalue weighted by atomic mass is 16.5. The number of nitrogens with zero attached hydrogens (tertiary/aromatic N) is 2. The van der Waals surface area contributed by atoms with Gasteiger partial charge >= 0.3 is 0 Å². The molecule has 7 nitrogen and oxygen atoms in total. The molecule has 7 heteroatoms. The third-order valence-corrected chi connectivity index (χ3v) is 4.61. The van der Waals surface area contributed by atoms with E-state index in [1.165, 1.54) is 0 Å². The third-order valence-electron chi connectivity index (χ3n) is 4.61. The van der Waals surface area contributed by atoms with E-state index in [2.05, 4.69) is 25.9 Å². The van der Waals surface area contributed by atoms with E-state index in [0.29, 0.717) is 16.5 Å². The van der Waals surface area contributed by atoms with Gasteiger partial charge in [0.1, 0.15) is 18.5 Å². The minimum absolute atomic E-state index is 0.00797. The van der Waals surface area contributed by atoms with E-state index in [1.807, 2.05) is 24.3 Å². The summed E-state index contributed by atoms with van der Waals surface area (Å²) in [4.78, 5) is 24.5. The van der Waals surface area contributed by atoms with Gasteiger partial charge in [-0.3, -0.25) is 9.59 Å². The maximum atomic E-state index is 12.7. The van der Waals surface area contributed by atoms with E-state index in [1.54, 1.807) is 24.3 Å². The van der Waals surface area contributed by atoms with Gasteiger partial charge in [-0.05, 0) is 23.1 Å². The fraction of sp³-hybridized carbons (Fsp3) is 0.318. The molecule has 0 aliphatic heterocycles. The van der Waals surface area contributed by atoms with Crippen molar-refractivity contribution in [2.24, 2.45) is 5.73 Å². The molecule has 0 saturated heterocycles. The largest absolute Gasteiger partial charge is 0.491 e. The van der Waals surface area contributed by atoms with Crippen molar-refractivity contribution in [3.05, 3.63) is 70.1 Å². The minimum Gasteiger partial charge on any atom is -0.491 e. The molecule has 0 bridgehead atoms. The van der Waals surface area contributed by atoms with E-state index in [9.17, 15) is 14.7 Å². The standard InChI is InChI=1S/C22H25N3O4/c1-22(2,3)17-10-6-7-11-18(17)29-13-14(26)12-25-21(28)16-9-5-4-8-15(16)19(24-25)20(23)27/h4-11,14,26H,12-13H2,1-3H3,(H2,23,27)/t14-/m0/s1. The van der Waals surface area contributed by atoms with Crippen molar-refractivity contribution in [1.29, 1.82) is 0 Å². The van der Waals surface area contributed by atoms with Gasteiger partial charge < -0.3 is 15.6 Å². The molecular formula is C22H25N3O4. The third kappa shape index (κ3) is 4.46. The number of aliphatic hydroxyl groups excluding tert-OH is 1. The van der Waals surface area contributed by atoms with Crippen LogP contribution >= 0.6 is 0 Å². The number of benzene rings is 2. The van der Waals surface area contributed by atoms with Crippen molar-refractivity contribution in [2.75, 3.05) is 6.61 Å². The van der Waals surface area contributed by atoms with E-state index in [0.717, 1.165) is 10.2 Å². The number of nitrogens with two attached hydrogens (primary N) is 1. The molecule has 29 heavy (non-hydrogen) atoms. The Kier molecular flexibility index (Phi) is 5.70. The number of hydrogen-bond donors (Lipinski definition) is 2. The number of hydrogen-bond acceptors (Lipinski definition) is 5. The Morgan fingerprint density at radius 1 is 1.14 bits per heavy atom. The highest BCUT2D eigenvalue weighted by Gasteiger charge is 2.20. The van der Waals surface area contributed by atoms with Crippen molar-refractivity contribution < 1.29 is 14.6 Å². The van der Waals surface area contributed by atoms with Crippen LogP contribution in [0.3, 0.4) is 0 Å². The van der Waals surface area contributed by atoms with Crippen LogP contribution in [0.1, 0.15) is 36.8 Å². The van der Waals surface area contributed by atoms with Crippen LogP contribution in [0.4, 0.5) is 0 Å². The lowest BCUT2D eigenvalue weighted by atomic mass is 9.86. The van der Waals surface area contributed by atoms with Gasteiger partial charge in [-0.2, -0.15) is 5.10 Å². The molecule has 152 valence electrons. The molecular weight excluding hydrogens is 370 g/mol. The van der Waals surface area contributed by atoms with E-state index < -0.39 is 17.6 Å². The number of ether oxygens (including phenoxy) is 1. The van der Waals surface area contributed by atoms with Crippen molar-refractivity contribution in [3.8, 4) is 5.75 Å². The maximum absolute atomic E-state index is 12.7. The van der Waals surface area contributed by atoms with Crippen LogP contribution in [0, 0.1) is 0 Å². The Hall–Kier alpha value is -3.19. The second-order valence-electron chi connectivity index (χ2n) is 7.96. The van der Waals surface area contributed by atoms with Crippen molar-refractivity contribution in [2.45, 2.75) is 38.8 Å². The summed E-state index contributed by atoms with van der Waals surface area (Å²) >= 11 is 0. The smallest absolute Gasteiger partial charge is 0.274 e. The minimum atomic E-state index is -1.00. The van der Waals surface area contributed by atoms with Gasteiger partial charge in [0.05, 0.1) is 11.9 Å². The highest BCUT2D eigenvalue weighted by Crippen LogP contribution is 2.31. The lowest BCUT2D eigenvalue weighted by Crippen LogP contribution is -2.34. The topological polar surface area (TPSA) is 107 Å². The Morgan fingerprint density at radius 3 is 2.41 bits per heavy atom. The van der Waals surface area contributed by atoms with Crippen LogP contribution in [0.2, 0.25) is 0 Å². The zero-order valence-corrected chi connectivity index (χ0v) is 16.8. The van der Waals surface area contributed by atoms with Crippen LogP contribution in [0.25, 0.3) is 10.8 Å². The maximum Gasteiger partial charge on any atom is 0.274 e. The molecule has 0 radical (unpaired) electrons. The molecule has 0 saturated carbocycles. The molecule has 1 amide bonds. The van der Waals surface area contributed by atoms with Crippen molar-refractivity contribution >= 4 is 16.7 Å². The molecule has 3 N–H and O–H groups in total. The summed E-state index contributed by atoms with van der Waals surface area (Å²) in [5.41, 5.74) is 5.91. The number of fused-ring (bicyclic) bond motifs is 1. The van der Waals surface area contributed by atoms with Crippen LogP contribution in [-0.4, -0.2) is 33.5 Å². The first-order valence-corrected chi connectivity index (χ1v) is 9.38. The predicted molar refractivity (Wildman–Crippen MR) is 111 cm³/mol. The average Bonchev–Trinajstić information content (AvgIpc) is 2.68. The normalized spacial score (nSPS) is 12.7. The molecule has 3 aromatic rings. The molecule has 0 fully saturated rings. The molecule has 0 spiro atoms. The predicted octanol–water partition coefficient (Wildman–Crippen LogP) is 2.23.